The maximum Gasteiger partial charge on any atom is 0.265 e. The van der Waals surface area contributed by atoms with Crippen molar-refractivity contribution in [1.29, 1.82) is 0 Å². The van der Waals surface area contributed by atoms with Crippen LogP contribution < -0.4 is 0 Å². The van der Waals surface area contributed by atoms with Crippen molar-refractivity contribution in [3.63, 3.8) is 0 Å². The Balaban J connectivity index is 3.23. The third kappa shape index (κ3) is 1.88. The van der Waals surface area contributed by atoms with Crippen LogP contribution in [-0.2, 0) is 5.88 Å². The molecule has 1 aromatic rings. The summed E-state index contributed by atoms with van der Waals surface area (Å²) in [5.41, 5.74) is 0.107. The maximum atomic E-state index is 12.3. The monoisotopic (exact) mass is 207 g/mol. The molecule has 0 aliphatic heterocycles. The first kappa shape index (κ1) is 10.2. The molecule has 0 unspecified atom stereocenters. The molecule has 1 heterocycles. The molecule has 72 valence electrons. The Morgan fingerprint density at radius 3 is 2.69 bits per heavy atom. The predicted molar refractivity (Wildman–Crippen MR) is 45.2 cm³/mol. The Morgan fingerprint density at radius 2 is 2.23 bits per heavy atom. The summed E-state index contributed by atoms with van der Waals surface area (Å²) in [6.07, 6.45) is -1.58. The lowest BCUT2D eigenvalue weighted by molar-refractivity contribution is 0.149. The smallest absolute Gasteiger partial charge is 0.265 e. The van der Waals surface area contributed by atoms with Crippen LogP contribution in [-0.4, -0.2) is 10.1 Å². The van der Waals surface area contributed by atoms with Crippen LogP contribution in [0.4, 0.5) is 8.78 Å². The van der Waals surface area contributed by atoms with Crippen molar-refractivity contribution in [2.75, 3.05) is 0 Å². The number of alkyl halides is 3. The minimum atomic E-state index is -2.62. The van der Waals surface area contributed by atoms with Crippen molar-refractivity contribution in [1.82, 2.24) is 4.98 Å². The molecule has 5 heteroatoms. The van der Waals surface area contributed by atoms with Crippen LogP contribution in [0.1, 0.15) is 23.2 Å². The van der Waals surface area contributed by atoms with E-state index >= 15 is 0 Å². The zero-order chi connectivity index (χ0) is 10.0. The second-order valence-electron chi connectivity index (χ2n) is 2.57. The zero-order valence-electron chi connectivity index (χ0n) is 6.89. The number of aromatic nitrogens is 1. The number of nitrogens with zero attached hydrogens (tertiary/aromatic N) is 1. The summed E-state index contributed by atoms with van der Waals surface area (Å²) in [7, 11) is 0. The number of pyridine rings is 1. The number of rotatable bonds is 2. The molecule has 0 saturated carbocycles. The van der Waals surface area contributed by atoms with E-state index in [1.165, 1.54) is 6.92 Å². The van der Waals surface area contributed by atoms with E-state index in [0.717, 1.165) is 6.20 Å². The van der Waals surface area contributed by atoms with Gasteiger partial charge in [0.15, 0.2) is 0 Å². The zero-order valence-corrected chi connectivity index (χ0v) is 7.65. The molecule has 0 amide bonds. The molecular weight excluding hydrogens is 200 g/mol. The van der Waals surface area contributed by atoms with Gasteiger partial charge < -0.3 is 5.11 Å². The van der Waals surface area contributed by atoms with Gasteiger partial charge in [-0.05, 0) is 6.92 Å². The average Bonchev–Trinajstić information content (AvgIpc) is 2.09. The van der Waals surface area contributed by atoms with Crippen molar-refractivity contribution < 1.29 is 13.9 Å². The summed E-state index contributed by atoms with van der Waals surface area (Å²) < 4.78 is 24.5. The summed E-state index contributed by atoms with van der Waals surface area (Å²) >= 11 is 5.43. The molecule has 0 fully saturated rings. The fourth-order valence-electron chi connectivity index (χ4n) is 0.976. The first-order chi connectivity index (χ1) is 6.07. The highest BCUT2D eigenvalue weighted by Gasteiger charge is 2.16. The number of hydrogen-bond acceptors (Lipinski definition) is 2. The molecule has 0 spiro atoms. The molecule has 0 bridgehead atoms. The molecule has 1 aromatic heterocycles. The molecule has 0 aliphatic rings. The highest BCUT2D eigenvalue weighted by atomic mass is 35.5. The molecular formula is C8H8ClF2NO. The van der Waals surface area contributed by atoms with Crippen molar-refractivity contribution in [3.05, 3.63) is 23.0 Å². The Kier molecular flexibility index (Phi) is 3.03. The normalized spacial score (nSPS) is 10.8. The van der Waals surface area contributed by atoms with Gasteiger partial charge in [-0.25, -0.2) is 8.78 Å². The van der Waals surface area contributed by atoms with Crippen LogP contribution in [0.15, 0.2) is 6.20 Å². The highest BCUT2D eigenvalue weighted by molar-refractivity contribution is 6.17. The first-order valence-corrected chi connectivity index (χ1v) is 4.12. The third-order valence-electron chi connectivity index (χ3n) is 1.78. The highest BCUT2D eigenvalue weighted by Crippen LogP contribution is 2.30. The standard InChI is InChI=1S/C8H8ClF2NO/c1-4-5(8(10)11)3-12-6(2-9)7(4)13/h3,8,13H,2H2,1H3. The largest absolute Gasteiger partial charge is 0.506 e. The van der Waals surface area contributed by atoms with Crippen molar-refractivity contribution >= 4 is 11.6 Å². The number of aromatic hydroxyl groups is 1. The molecule has 0 atom stereocenters. The summed E-state index contributed by atoms with van der Waals surface area (Å²) in [6, 6.07) is 0. The van der Waals surface area contributed by atoms with E-state index in [9.17, 15) is 13.9 Å². The molecule has 1 N–H and O–H groups in total. The minimum Gasteiger partial charge on any atom is -0.506 e. The van der Waals surface area contributed by atoms with E-state index in [2.05, 4.69) is 4.98 Å². The van der Waals surface area contributed by atoms with E-state index in [1.54, 1.807) is 0 Å². The van der Waals surface area contributed by atoms with Crippen molar-refractivity contribution in [2.24, 2.45) is 0 Å². The Bertz CT molecular complexity index is 317. The Hall–Kier alpha value is -0.900. The summed E-state index contributed by atoms with van der Waals surface area (Å²) in [5, 5.41) is 9.35. The van der Waals surface area contributed by atoms with Gasteiger partial charge in [-0.2, -0.15) is 0 Å². The lowest BCUT2D eigenvalue weighted by atomic mass is 10.1. The van der Waals surface area contributed by atoms with Gasteiger partial charge in [0.05, 0.1) is 11.6 Å². The quantitative estimate of drug-likeness (QED) is 0.757. The molecule has 0 aromatic carbocycles. The predicted octanol–water partition coefficient (Wildman–Crippen LogP) is 2.77. The molecule has 0 radical (unpaired) electrons. The van der Waals surface area contributed by atoms with Gasteiger partial charge in [0, 0.05) is 17.3 Å². The summed E-state index contributed by atoms with van der Waals surface area (Å²) in [5.74, 6) is -0.233. The van der Waals surface area contributed by atoms with Crippen molar-refractivity contribution in [3.8, 4) is 5.75 Å². The van der Waals surface area contributed by atoms with Gasteiger partial charge in [0.2, 0.25) is 0 Å². The van der Waals surface area contributed by atoms with Gasteiger partial charge in [0.25, 0.3) is 6.43 Å². The second kappa shape index (κ2) is 3.87. The minimum absolute atomic E-state index is 0.0101. The van der Waals surface area contributed by atoms with E-state index < -0.39 is 6.43 Å². The van der Waals surface area contributed by atoms with Gasteiger partial charge >= 0.3 is 0 Å². The molecule has 13 heavy (non-hydrogen) atoms. The summed E-state index contributed by atoms with van der Waals surface area (Å²) in [6.45, 7) is 1.41. The molecule has 0 saturated heterocycles. The second-order valence-corrected chi connectivity index (χ2v) is 2.84. The van der Waals surface area contributed by atoms with E-state index in [0.29, 0.717) is 0 Å². The topological polar surface area (TPSA) is 33.1 Å². The van der Waals surface area contributed by atoms with Crippen LogP contribution >= 0.6 is 11.6 Å². The average molecular weight is 208 g/mol. The fourth-order valence-corrected chi connectivity index (χ4v) is 1.17. The van der Waals surface area contributed by atoms with Crippen LogP contribution in [0.3, 0.4) is 0 Å². The van der Waals surface area contributed by atoms with Crippen LogP contribution in [0.25, 0.3) is 0 Å². The van der Waals surface area contributed by atoms with E-state index in [4.69, 9.17) is 11.6 Å². The third-order valence-corrected chi connectivity index (χ3v) is 2.04. The SMILES string of the molecule is Cc1c(C(F)F)cnc(CCl)c1O. The molecule has 2 nitrogen and oxygen atoms in total. The van der Waals surface area contributed by atoms with Crippen LogP contribution in [0.2, 0.25) is 0 Å². The van der Waals surface area contributed by atoms with Gasteiger partial charge in [-0.3, -0.25) is 4.98 Å². The maximum absolute atomic E-state index is 12.3. The molecule has 0 aliphatic carbocycles. The van der Waals surface area contributed by atoms with Crippen LogP contribution in [0.5, 0.6) is 5.75 Å². The van der Waals surface area contributed by atoms with E-state index in [-0.39, 0.29) is 28.5 Å². The van der Waals surface area contributed by atoms with Crippen LogP contribution in [0, 0.1) is 6.92 Å². The van der Waals surface area contributed by atoms with Gasteiger partial charge in [-0.1, -0.05) is 0 Å². The first-order valence-electron chi connectivity index (χ1n) is 3.59. The number of halogens is 3. The van der Waals surface area contributed by atoms with Gasteiger partial charge in [-0.15, -0.1) is 11.6 Å². The van der Waals surface area contributed by atoms with Crippen molar-refractivity contribution in [2.45, 2.75) is 19.2 Å². The fraction of sp³-hybridized carbons (Fsp3) is 0.375. The lowest BCUT2D eigenvalue weighted by Crippen LogP contribution is -1.96. The van der Waals surface area contributed by atoms with E-state index in [1.807, 2.05) is 0 Å². The lowest BCUT2D eigenvalue weighted by Gasteiger charge is -2.08. The molecule has 1 rings (SSSR count). The number of hydrogen-bond donors (Lipinski definition) is 1. The van der Waals surface area contributed by atoms with Gasteiger partial charge in [0.1, 0.15) is 5.75 Å². The Morgan fingerprint density at radius 1 is 1.62 bits per heavy atom. The summed E-state index contributed by atoms with van der Waals surface area (Å²) in [4.78, 5) is 3.62. The Labute approximate surface area is 79.2 Å².